The Balaban J connectivity index is 3.02. The standard InChI is InChI=1S/C14H19FO/c1-3-5-14(11(4-2)10-16)12-6-8-13(15)9-7-12/h5-9,11,16H,3-4,10H2,1-2H3/b14-5+. The second-order valence-electron chi connectivity index (χ2n) is 3.86. The van der Waals surface area contributed by atoms with Gasteiger partial charge in [-0.3, -0.25) is 0 Å². The van der Waals surface area contributed by atoms with E-state index in [1.807, 2.05) is 6.92 Å². The number of aliphatic hydroxyl groups is 1. The molecular formula is C14H19FO. The fraction of sp³-hybridized carbons (Fsp3) is 0.429. The Morgan fingerprint density at radius 2 is 1.94 bits per heavy atom. The Hall–Kier alpha value is -1.15. The molecule has 0 aliphatic heterocycles. The summed E-state index contributed by atoms with van der Waals surface area (Å²) in [7, 11) is 0. The van der Waals surface area contributed by atoms with Crippen LogP contribution in [-0.4, -0.2) is 11.7 Å². The Morgan fingerprint density at radius 1 is 1.31 bits per heavy atom. The highest BCUT2D eigenvalue weighted by Gasteiger charge is 2.12. The fourth-order valence-electron chi connectivity index (χ4n) is 1.83. The first-order chi connectivity index (χ1) is 7.72. The van der Waals surface area contributed by atoms with Crippen LogP contribution in [0.25, 0.3) is 5.57 Å². The molecule has 0 saturated carbocycles. The summed E-state index contributed by atoms with van der Waals surface area (Å²) >= 11 is 0. The van der Waals surface area contributed by atoms with Crippen molar-refractivity contribution < 1.29 is 9.50 Å². The van der Waals surface area contributed by atoms with Gasteiger partial charge in [0, 0.05) is 12.5 Å². The summed E-state index contributed by atoms with van der Waals surface area (Å²) in [6.45, 7) is 4.25. The van der Waals surface area contributed by atoms with Gasteiger partial charge in [0.1, 0.15) is 5.82 Å². The highest BCUT2D eigenvalue weighted by molar-refractivity contribution is 5.67. The van der Waals surface area contributed by atoms with Gasteiger partial charge < -0.3 is 5.11 Å². The summed E-state index contributed by atoms with van der Waals surface area (Å²) in [5.74, 6) is -0.0814. The summed E-state index contributed by atoms with van der Waals surface area (Å²) in [6, 6.07) is 6.47. The highest BCUT2D eigenvalue weighted by Crippen LogP contribution is 2.26. The van der Waals surface area contributed by atoms with E-state index in [0.29, 0.717) is 0 Å². The van der Waals surface area contributed by atoms with Crippen LogP contribution in [0.2, 0.25) is 0 Å². The van der Waals surface area contributed by atoms with E-state index in [4.69, 9.17) is 0 Å². The molecule has 0 spiro atoms. The molecule has 88 valence electrons. The van der Waals surface area contributed by atoms with Gasteiger partial charge >= 0.3 is 0 Å². The smallest absolute Gasteiger partial charge is 0.123 e. The zero-order chi connectivity index (χ0) is 12.0. The van der Waals surface area contributed by atoms with Crippen LogP contribution in [0.5, 0.6) is 0 Å². The maximum atomic E-state index is 12.8. The van der Waals surface area contributed by atoms with E-state index in [1.165, 1.54) is 12.1 Å². The summed E-state index contributed by atoms with van der Waals surface area (Å²) < 4.78 is 12.8. The maximum absolute atomic E-state index is 12.8. The summed E-state index contributed by atoms with van der Waals surface area (Å²) in [4.78, 5) is 0. The summed E-state index contributed by atoms with van der Waals surface area (Å²) in [5.41, 5.74) is 2.12. The van der Waals surface area contributed by atoms with Gasteiger partial charge in [-0.05, 0) is 36.1 Å². The minimum absolute atomic E-state index is 0.139. The molecule has 0 aliphatic rings. The SMILES string of the molecule is CC/C=C(/c1ccc(F)cc1)C(CC)CO. The second kappa shape index (κ2) is 6.44. The molecule has 0 bridgehead atoms. The lowest BCUT2D eigenvalue weighted by Crippen LogP contribution is -2.07. The number of halogens is 1. The average molecular weight is 222 g/mol. The maximum Gasteiger partial charge on any atom is 0.123 e. The molecular weight excluding hydrogens is 203 g/mol. The predicted octanol–water partition coefficient (Wildman–Crippen LogP) is 3.64. The lowest BCUT2D eigenvalue weighted by atomic mass is 9.90. The Kier molecular flexibility index (Phi) is 5.20. The molecule has 0 radical (unpaired) electrons. The molecule has 1 nitrogen and oxygen atoms in total. The Morgan fingerprint density at radius 3 is 2.38 bits per heavy atom. The monoisotopic (exact) mass is 222 g/mol. The zero-order valence-electron chi connectivity index (χ0n) is 9.91. The van der Waals surface area contributed by atoms with Crippen LogP contribution >= 0.6 is 0 Å². The van der Waals surface area contributed by atoms with Crippen LogP contribution < -0.4 is 0 Å². The highest BCUT2D eigenvalue weighted by atomic mass is 19.1. The first-order valence-electron chi connectivity index (χ1n) is 5.79. The van der Waals surface area contributed by atoms with Crippen molar-refractivity contribution in [2.75, 3.05) is 6.61 Å². The van der Waals surface area contributed by atoms with Gasteiger partial charge in [0.05, 0.1) is 0 Å². The van der Waals surface area contributed by atoms with Crippen LogP contribution in [0.15, 0.2) is 30.3 Å². The molecule has 1 atom stereocenters. The number of hydrogen-bond acceptors (Lipinski definition) is 1. The zero-order valence-corrected chi connectivity index (χ0v) is 9.91. The third-order valence-electron chi connectivity index (χ3n) is 2.75. The number of benzene rings is 1. The lowest BCUT2D eigenvalue weighted by molar-refractivity contribution is 0.254. The predicted molar refractivity (Wildman–Crippen MR) is 65.5 cm³/mol. The second-order valence-corrected chi connectivity index (χ2v) is 3.86. The summed E-state index contributed by atoms with van der Waals surface area (Å²) in [5, 5.41) is 9.32. The molecule has 1 N–H and O–H groups in total. The molecule has 0 fully saturated rings. The molecule has 0 aliphatic carbocycles. The minimum Gasteiger partial charge on any atom is -0.396 e. The molecule has 0 saturated heterocycles. The van der Waals surface area contributed by atoms with Crippen molar-refractivity contribution in [1.82, 2.24) is 0 Å². The van der Waals surface area contributed by atoms with Crippen molar-refractivity contribution >= 4 is 5.57 Å². The Bertz CT molecular complexity index is 336. The molecule has 1 aromatic rings. The van der Waals surface area contributed by atoms with Crippen molar-refractivity contribution in [3.05, 3.63) is 41.7 Å². The van der Waals surface area contributed by atoms with Crippen LogP contribution in [0.4, 0.5) is 4.39 Å². The fourth-order valence-corrected chi connectivity index (χ4v) is 1.83. The molecule has 2 heteroatoms. The van der Waals surface area contributed by atoms with E-state index in [-0.39, 0.29) is 18.3 Å². The van der Waals surface area contributed by atoms with E-state index >= 15 is 0 Å². The lowest BCUT2D eigenvalue weighted by Gasteiger charge is -2.17. The minimum atomic E-state index is -0.225. The van der Waals surface area contributed by atoms with Gasteiger partial charge in [0.15, 0.2) is 0 Å². The van der Waals surface area contributed by atoms with E-state index in [9.17, 15) is 9.50 Å². The Labute approximate surface area is 96.6 Å². The third kappa shape index (κ3) is 3.17. The number of hydrogen-bond donors (Lipinski definition) is 1. The van der Waals surface area contributed by atoms with Crippen molar-refractivity contribution in [3.8, 4) is 0 Å². The first kappa shape index (κ1) is 12.9. The number of allylic oxidation sites excluding steroid dienone is 1. The molecule has 1 unspecified atom stereocenters. The largest absolute Gasteiger partial charge is 0.396 e. The van der Waals surface area contributed by atoms with Crippen LogP contribution in [0.1, 0.15) is 32.3 Å². The molecule has 0 amide bonds. The molecule has 1 rings (SSSR count). The van der Waals surface area contributed by atoms with E-state index in [2.05, 4.69) is 13.0 Å². The molecule has 16 heavy (non-hydrogen) atoms. The normalized spacial score (nSPS) is 13.9. The van der Waals surface area contributed by atoms with Gasteiger partial charge in [0.25, 0.3) is 0 Å². The quantitative estimate of drug-likeness (QED) is 0.806. The van der Waals surface area contributed by atoms with Gasteiger partial charge in [-0.25, -0.2) is 4.39 Å². The van der Waals surface area contributed by atoms with E-state index < -0.39 is 0 Å². The third-order valence-corrected chi connectivity index (χ3v) is 2.75. The van der Waals surface area contributed by atoms with Gasteiger partial charge in [-0.1, -0.05) is 32.1 Å². The van der Waals surface area contributed by atoms with Crippen molar-refractivity contribution in [3.63, 3.8) is 0 Å². The van der Waals surface area contributed by atoms with Crippen LogP contribution in [-0.2, 0) is 0 Å². The first-order valence-corrected chi connectivity index (χ1v) is 5.79. The van der Waals surface area contributed by atoms with Gasteiger partial charge in [-0.15, -0.1) is 0 Å². The van der Waals surface area contributed by atoms with Crippen molar-refractivity contribution in [2.45, 2.75) is 26.7 Å². The summed E-state index contributed by atoms with van der Waals surface area (Å²) in [6.07, 6.45) is 3.92. The van der Waals surface area contributed by atoms with E-state index in [0.717, 1.165) is 24.0 Å². The van der Waals surface area contributed by atoms with Gasteiger partial charge in [0.2, 0.25) is 0 Å². The molecule has 0 aromatic heterocycles. The molecule has 1 aromatic carbocycles. The molecule has 0 heterocycles. The van der Waals surface area contributed by atoms with Crippen LogP contribution in [0, 0.1) is 11.7 Å². The van der Waals surface area contributed by atoms with Crippen molar-refractivity contribution in [1.29, 1.82) is 0 Å². The average Bonchev–Trinajstić information content (AvgIpc) is 2.31. The van der Waals surface area contributed by atoms with E-state index in [1.54, 1.807) is 12.1 Å². The van der Waals surface area contributed by atoms with Crippen molar-refractivity contribution in [2.24, 2.45) is 5.92 Å². The topological polar surface area (TPSA) is 20.2 Å². The number of rotatable bonds is 5. The van der Waals surface area contributed by atoms with Crippen LogP contribution in [0.3, 0.4) is 0 Å². The number of aliphatic hydroxyl groups excluding tert-OH is 1. The van der Waals surface area contributed by atoms with Gasteiger partial charge in [-0.2, -0.15) is 0 Å².